The average molecular weight is 271 g/mol. The molecule has 1 unspecified atom stereocenters. The van der Waals surface area contributed by atoms with Gasteiger partial charge in [0.2, 0.25) is 0 Å². The van der Waals surface area contributed by atoms with E-state index in [1.165, 1.54) is 32.1 Å². The molecule has 0 rings (SSSR count). The number of aliphatic carboxylic acids is 1. The van der Waals surface area contributed by atoms with E-state index in [1.54, 1.807) is 0 Å². The molecule has 0 aliphatic heterocycles. The van der Waals surface area contributed by atoms with E-state index in [9.17, 15) is 9.90 Å². The molecule has 0 aliphatic carbocycles. The maximum absolute atomic E-state index is 11.5. The van der Waals surface area contributed by atoms with Crippen molar-refractivity contribution in [2.45, 2.75) is 78.6 Å². The Hall–Kier alpha value is -0.570. The van der Waals surface area contributed by atoms with Crippen molar-refractivity contribution < 1.29 is 9.90 Å². The lowest BCUT2D eigenvalue weighted by Gasteiger charge is -2.29. The molecule has 0 amide bonds. The van der Waals surface area contributed by atoms with Crippen molar-refractivity contribution in [3.63, 3.8) is 0 Å². The predicted molar refractivity (Wildman–Crippen MR) is 81.2 cm³/mol. The van der Waals surface area contributed by atoms with Crippen molar-refractivity contribution in [3.05, 3.63) is 0 Å². The first-order valence-corrected chi connectivity index (χ1v) is 7.92. The molecular formula is C16H33NO2. The van der Waals surface area contributed by atoms with Gasteiger partial charge in [-0.15, -0.1) is 0 Å². The molecule has 0 saturated heterocycles. The lowest BCUT2D eigenvalue weighted by atomic mass is 9.76. The number of hydrogen-bond acceptors (Lipinski definition) is 2. The molecule has 0 aliphatic rings. The van der Waals surface area contributed by atoms with Crippen molar-refractivity contribution in [1.82, 2.24) is 0 Å². The second-order valence-corrected chi connectivity index (χ2v) is 6.26. The number of carboxylic acid groups (broad SMARTS) is 1. The molecule has 19 heavy (non-hydrogen) atoms. The first-order chi connectivity index (χ1) is 8.98. The Balaban J connectivity index is 4.03. The fraction of sp³-hybridized carbons (Fsp3) is 0.938. The van der Waals surface area contributed by atoms with Gasteiger partial charge in [0.1, 0.15) is 0 Å². The van der Waals surface area contributed by atoms with Gasteiger partial charge in [0.05, 0.1) is 5.41 Å². The molecule has 0 saturated carbocycles. The molecule has 0 radical (unpaired) electrons. The molecule has 0 bridgehead atoms. The molecule has 0 aromatic carbocycles. The monoisotopic (exact) mass is 271 g/mol. The maximum atomic E-state index is 11.5. The molecule has 3 nitrogen and oxygen atoms in total. The summed E-state index contributed by atoms with van der Waals surface area (Å²) in [6, 6.07) is 0. The number of hydrogen-bond donors (Lipinski definition) is 2. The summed E-state index contributed by atoms with van der Waals surface area (Å²) in [6.45, 7) is 6.61. The van der Waals surface area contributed by atoms with Crippen LogP contribution in [0.1, 0.15) is 78.6 Å². The third-order valence-electron chi connectivity index (χ3n) is 3.90. The van der Waals surface area contributed by atoms with Gasteiger partial charge in [-0.3, -0.25) is 4.79 Å². The number of rotatable bonds is 12. The highest BCUT2D eigenvalue weighted by atomic mass is 16.4. The second kappa shape index (κ2) is 10.2. The third-order valence-corrected chi connectivity index (χ3v) is 3.90. The van der Waals surface area contributed by atoms with E-state index in [4.69, 9.17) is 5.73 Å². The Morgan fingerprint density at radius 1 is 1.11 bits per heavy atom. The minimum atomic E-state index is -0.713. The Morgan fingerprint density at radius 2 is 1.63 bits per heavy atom. The smallest absolute Gasteiger partial charge is 0.310 e. The van der Waals surface area contributed by atoms with Gasteiger partial charge in [-0.2, -0.15) is 0 Å². The van der Waals surface area contributed by atoms with Gasteiger partial charge in [-0.1, -0.05) is 65.7 Å². The molecule has 0 spiro atoms. The molecular weight excluding hydrogens is 238 g/mol. The Morgan fingerprint density at radius 3 is 2.05 bits per heavy atom. The van der Waals surface area contributed by atoms with Gasteiger partial charge in [-0.05, 0) is 18.8 Å². The van der Waals surface area contributed by atoms with Crippen molar-refractivity contribution >= 4 is 5.97 Å². The van der Waals surface area contributed by atoms with E-state index < -0.39 is 11.4 Å². The second-order valence-electron chi connectivity index (χ2n) is 6.26. The van der Waals surface area contributed by atoms with Crippen molar-refractivity contribution in [3.8, 4) is 0 Å². The topological polar surface area (TPSA) is 63.3 Å². The van der Waals surface area contributed by atoms with Crippen LogP contribution >= 0.6 is 0 Å². The van der Waals surface area contributed by atoms with E-state index in [0.29, 0.717) is 12.3 Å². The van der Waals surface area contributed by atoms with E-state index in [1.807, 2.05) is 0 Å². The Bertz CT molecular complexity index is 241. The summed E-state index contributed by atoms with van der Waals surface area (Å²) in [5.41, 5.74) is 5.06. The van der Waals surface area contributed by atoms with E-state index in [0.717, 1.165) is 19.3 Å². The summed E-state index contributed by atoms with van der Waals surface area (Å²) in [5.74, 6) is -0.334. The number of carboxylic acids is 1. The van der Waals surface area contributed by atoms with Crippen LogP contribution in [-0.4, -0.2) is 17.6 Å². The zero-order valence-corrected chi connectivity index (χ0v) is 13.1. The Kier molecular flexibility index (Phi) is 9.94. The Labute approximate surface area is 119 Å². The molecule has 114 valence electrons. The lowest BCUT2D eigenvalue weighted by Crippen LogP contribution is -2.39. The number of nitrogens with two attached hydrogens (primary N) is 1. The first kappa shape index (κ1) is 18.4. The van der Waals surface area contributed by atoms with Gasteiger partial charge < -0.3 is 10.8 Å². The van der Waals surface area contributed by atoms with Crippen molar-refractivity contribution in [2.75, 3.05) is 6.54 Å². The summed E-state index contributed by atoms with van der Waals surface area (Å²) in [4.78, 5) is 11.5. The largest absolute Gasteiger partial charge is 0.481 e. The third kappa shape index (κ3) is 7.56. The zero-order valence-electron chi connectivity index (χ0n) is 13.1. The number of carbonyl (C=O) groups is 1. The van der Waals surface area contributed by atoms with Gasteiger partial charge >= 0.3 is 5.97 Å². The standard InChI is InChI=1S/C16H33NO2/c1-4-5-6-7-8-9-10-11-16(13-17,15(18)19)12-14(2)3/h14H,4-13,17H2,1-3H3,(H,18,19). The molecule has 0 heterocycles. The number of unbranched alkanes of at least 4 members (excludes halogenated alkanes) is 6. The highest BCUT2D eigenvalue weighted by molar-refractivity contribution is 5.74. The van der Waals surface area contributed by atoms with Crippen LogP contribution in [-0.2, 0) is 4.79 Å². The van der Waals surface area contributed by atoms with Gasteiger partial charge in [-0.25, -0.2) is 0 Å². The van der Waals surface area contributed by atoms with Crippen LogP contribution in [0, 0.1) is 11.3 Å². The van der Waals surface area contributed by atoms with Gasteiger partial charge in [0.15, 0.2) is 0 Å². The van der Waals surface area contributed by atoms with Crippen LogP contribution in [0.25, 0.3) is 0 Å². The molecule has 3 N–H and O–H groups in total. The summed E-state index contributed by atoms with van der Waals surface area (Å²) in [5, 5.41) is 9.47. The summed E-state index contributed by atoms with van der Waals surface area (Å²) in [6.07, 6.45) is 9.93. The highest BCUT2D eigenvalue weighted by Gasteiger charge is 2.36. The predicted octanol–water partition coefficient (Wildman–Crippen LogP) is 4.20. The maximum Gasteiger partial charge on any atom is 0.310 e. The lowest BCUT2D eigenvalue weighted by molar-refractivity contribution is -0.150. The average Bonchev–Trinajstić information content (AvgIpc) is 2.35. The van der Waals surface area contributed by atoms with Crippen LogP contribution in [0.4, 0.5) is 0 Å². The normalized spacial score (nSPS) is 14.6. The van der Waals surface area contributed by atoms with E-state index in [-0.39, 0.29) is 6.54 Å². The molecule has 1 atom stereocenters. The summed E-state index contributed by atoms with van der Waals surface area (Å²) < 4.78 is 0. The van der Waals surface area contributed by atoms with E-state index in [2.05, 4.69) is 20.8 Å². The molecule has 0 fully saturated rings. The molecule has 0 aromatic rings. The van der Waals surface area contributed by atoms with Crippen LogP contribution in [0.3, 0.4) is 0 Å². The molecule has 0 aromatic heterocycles. The fourth-order valence-electron chi connectivity index (χ4n) is 2.77. The SMILES string of the molecule is CCCCCCCCCC(CN)(CC(C)C)C(=O)O. The van der Waals surface area contributed by atoms with Crippen molar-refractivity contribution in [2.24, 2.45) is 17.1 Å². The fourth-order valence-corrected chi connectivity index (χ4v) is 2.77. The summed E-state index contributed by atoms with van der Waals surface area (Å²) >= 11 is 0. The van der Waals surface area contributed by atoms with Crippen LogP contribution in [0.2, 0.25) is 0 Å². The van der Waals surface area contributed by atoms with Gasteiger partial charge in [0, 0.05) is 6.54 Å². The van der Waals surface area contributed by atoms with Crippen LogP contribution in [0.5, 0.6) is 0 Å². The van der Waals surface area contributed by atoms with Crippen molar-refractivity contribution in [1.29, 1.82) is 0 Å². The van der Waals surface area contributed by atoms with E-state index >= 15 is 0 Å². The minimum Gasteiger partial charge on any atom is -0.481 e. The minimum absolute atomic E-state index is 0.260. The molecule has 3 heteroatoms. The zero-order chi connectivity index (χ0) is 14.7. The summed E-state index contributed by atoms with van der Waals surface area (Å²) in [7, 11) is 0. The quantitative estimate of drug-likeness (QED) is 0.523. The van der Waals surface area contributed by atoms with Gasteiger partial charge in [0.25, 0.3) is 0 Å². The van der Waals surface area contributed by atoms with Crippen LogP contribution in [0.15, 0.2) is 0 Å². The first-order valence-electron chi connectivity index (χ1n) is 7.92. The van der Waals surface area contributed by atoms with Crippen LogP contribution < -0.4 is 5.73 Å². The highest BCUT2D eigenvalue weighted by Crippen LogP contribution is 2.32.